The third-order valence-corrected chi connectivity index (χ3v) is 2.39. The van der Waals surface area contributed by atoms with Gasteiger partial charge in [-0.1, -0.05) is 18.2 Å². The fraction of sp³-hybridized carbons (Fsp3) is 0.300. The van der Waals surface area contributed by atoms with Crippen LogP contribution in [0.5, 0.6) is 0 Å². The number of hydrogen-bond donors (Lipinski definition) is 3. The highest BCUT2D eigenvalue weighted by atomic mass is 16.3. The molecule has 0 aliphatic carbocycles. The highest BCUT2D eigenvalue weighted by Gasteiger charge is 2.33. The van der Waals surface area contributed by atoms with Crippen molar-refractivity contribution in [2.75, 3.05) is 5.32 Å². The number of anilines is 1. The predicted octanol–water partition coefficient (Wildman–Crippen LogP) is 0.399. The average molecular weight is 190 g/mol. The van der Waals surface area contributed by atoms with Crippen LogP contribution in [0.3, 0.4) is 0 Å². The number of benzene rings is 1. The van der Waals surface area contributed by atoms with E-state index >= 15 is 0 Å². The molecule has 0 saturated heterocycles. The highest BCUT2D eigenvalue weighted by molar-refractivity contribution is 5.57. The van der Waals surface area contributed by atoms with E-state index < -0.39 is 18.2 Å². The number of aliphatic hydroxyl groups is 2. The molecule has 14 heavy (non-hydrogen) atoms. The van der Waals surface area contributed by atoms with E-state index in [0.29, 0.717) is 11.3 Å². The third kappa shape index (κ3) is 1.23. The first-order valence-electron chi connectivity index (χ1n) is 4.35. The monoisotopic (exact) mass is 190 g/mol. The third-order valence-electron chi connectivity index (χ3n) is 2.39. The minimum absolute atomic E-state index is 0.631. The van der Waals surface area contributed by atoms with Gasteiger partial charge in [-0.05, 0) is 6.07 Å². The van der Waals surface area contributed by atoms with E-state index in [2.05, 4.69) is 5.32 Å². The quantitative estimate of drug-likeness (QED) is 0.553. The van der Waals surface area contributed by atoms with Crippen molar-refractivity contribution in [3.05, 3.63) is 29.8 Å². The maximum absolute atomic E-state index is 9.69. The fourth-order valence-electron chi connectivity index (χ4n) is 1.61. The van der Waals surface area contributed by atoms with Crippen LogP contribution in [0.2, 0.25) is 0 Å². The molecule has 1 aliphatic rings. The zero-order valence-electron chi connectivity index (χ0n) is 7.38. The van der Waals surface area contributed by atoms with Crippen LogP contribution in [0.4, 0.5) is 5.69 Å². The van der Waals surface area contributed by atoms with E-state index in [1.807, 2.05) is 12.1 Å². The predicted molar refractivity (Wildman–Crippen MR) is 50.4 cm³/mol. The van der Waals surface area contributed by atoms with Gasteiger partial charge in [0.05, 0.1) is 6.07 Å². The molecule has 4 nitrogen and oxygen atoms in total. The van der Waals surface area contributed by atoms with Crippen LogP contribution in [0.1, 0.15) is 11.7 Å². The number of nitrogens with one attached hydrogen (secondary N) is 1. The number of aliphatic hydroxyl groups excluding tert-OH is 2. The molecule has 0 amide bonds. The molecule has 1 heterocycles. The Morgan fingerprint density at radius 2 is 2.00 bits per heavy atom. The van der Waals surface area contributed by atoms with Crippen LogP contribution in [0.25, 0.3) is 0 Å². The van der Waals surface area contributed by atoms with Crippen molar-refractivity contribution in [2.24, 2.45) is 0 Å². The van der Waals surface area contributed by atoms with Crippen molar-refractivity contribution in [1.29, 1.82) is 5.26 Å². The number of hydrogen-bond acceptors (Lipinski definition) is 4. The van der Waals surface area contributed by atoms with E-state index in [1.165, 1.54) is 0 Å². The second-order valence-corrected chi connectivity index (χ2v) is 3.27. The van der Waals surface area contributed by atoms with E-state index in [4.69, 9.17) is 5.26 Å². The number of fused-ring (bicyclic) bond motifs is 1. The summed E-state index contributed by atoms with van der Waals surface area (Å²) in [5.41, 5.74) is 1.34. The molecule has 0 fully saturated rings. The minimum atomic E-state index is -1.07. The topological polar surface area (TPSA) is 76.3 Å². The molecule has 2 rings (SSSR count). The molecule has 3 N–H and O–H groups in total. The number of nitrogens with zero attached hydrogens (tertiary/aromatic N) is 1. The smallest absolute Gasteiger partial charge is 0.143 e. The molecule has 4 heteroatoms. The van der Waals surface area contributed by atoms with Crippen molar-refractivity contribution in [1.82, 2.24) is 0 Å². The van der Waals surface area contributed by atoms with Gasteiger partial charge in [0.1, 0.15) is 18.2 Å². The Morgan fingerprint density at radius 1 is 1.29 bits per heavy atom. The second-order valence-electron chi connectivity index (χ2n) is 3.27. The van der Waals surface area contributed by atoms with Crippen LogP contribution in [0.15, 0.2) is 24.3 Å². The maximum Gasteiger partial charge on any atom is 0.143 e. The first kappa shape index (κ1) is 9.00. The summed E-state index contributed by atoms with van der Waals surface area (Å²) in [5.74, 6) is 0. The normalized spacial score (nSPS) is 29.9. The van der Waals surface area contributed by atoms with Gasteiger partial charge in [-0.2, -0.15) is 5.26 Å². The summed E-state index contributed by atoms with van der Waals surface area (Å²) in [5, 5.41) is 30.8. The molecule has 0 radical (unpaired) electrons. The summed E-state index contributed by atoms with van der Waals surface area (Å²) in [6.45, 7) is 0. The summed E-state index contributed by atoms with van der Waals surface area (Å²) in [7, 11) is 0. The Kier molecular flexibility index (Phi) is 2.12. The van der Waals surface area contributed by atoms with Gasteiger partial charge in [-0.15, -0.1) is 0 Å². The molecule has 72 valence electrons. The minimum Gasteiger partial charge on any atom is -0.387 e. The molecule has 1 aromatic rings. The Morgan fingerprint density at radius 3 is 2.71 bits per heavy atom. The summed E-state index contributed by atoms with van der Waals surface area (Å²) in [6, 6.07) is 8.24. The molecule has 0 spiro atoms. The fourth-order valence-corrected chi connectivity index (χ4v) is 1.61. The summed E-state index contributed by atoms with van der Waals surface area (Å²) < 4.78 is 0. The Hall–Kier alpha value is -1.57. The number of para-hydroxylation sites is 1. The Balaban J connectivity index is 2.43. The molecule has 0 bridgehead atoms. The standard InChI is InChI=1S/C10H10N2O2/c11-5-8-10(14)9(13)6-3-1-2-4-7(6)12-8/h1-4,8-10,12-14H/t8-,9+,10+/m0/s1. The largest absolute Gasteiger partial charge is 0.387 e. The Labute approximate surface area is 81.4 Å². The van der Waals surface area contributed by atoms with Crippen molar-refractivity contribution in [2.45, 2.75) is 18.2 Å². The van der Waals surface area contributed by atoms with Crippen molar-refractivity contribution >= 4 is 5.69 Å². The highest BCUT2D eigenvalue weighted by Crippen LogP contribution is 2.32. The zero-order chi connectivity index (χ0) is 10.1. The number of rotatable bonds is 0. The van der Waals surface area contributed by atoms with Gasteiger partial charge in [-0.3, -0.25) is 0 Å². The first-order chi connectivity index (χ1) is 6.74. The lowest BCUT2D eigenvalue weighted by Gasteiger charge is -2.31. The number of nitriles is 1. The van der Waals surface area contributed by atoms with Crippen LogP contribution in [-0.2, 0) is 0 Å². The van der Waals surface area contributed by atoms with Crippen molar-refractivity contribution in [3.8, 4) is 6.07 Å². The van der Waals surface area contributed by atoms with E-state index in [9.17, 15) is 10.2 Å². The molecule has 1 aliphatic heterocycles. The van der Waals surface area contributed by atoms with Crippen LogP contribution in [-0.4, -0.2) is 22.4 Å². The maximum atomic E-state index is 9.69. The van der Waals surface area contributed by atoms with Gasteiger partial charge in [0.25, 0.3) is 0 Å². The zero-order valence-corrected chi connectivity index (χ0v) is 7.38. The second kappa shape index (κ2) is 3.29. The molecule has 3 atom stereocenters. The van der Waals surface area contributed by atoms with Gasteiger partial charge in [0, 0.05) is 11.3 Å². The SMILES string of the molecule is N#C[C@@H]1Nc2ccccc2[C@@H](O)[C@@H]1O. The summed E-state index contributed by atoms with van der Waals surface area (Å²) in [6.07, 6.45) is -2.06. The molecule has 1 aromatic carbocycles. The van der Waals surface area contributed by atoms with Gasteiger partial charge >= 0.3 is 0 Å². The van der Waals surface area contributed by atoms with Crippen LogP contribution < -0.4 is 5.32 Å². The molecule has 0 saturated carbocycles. The van der Waals surface area contributed by atoms with E-state index in [-0.39, 0.29) is 0 Å². The van der Waals surface area contributed by atoms with Crippen LogP contribution >= 0.6 is 0 Å². The Bertz CT molecular complexity index is 386. The summed E-state index contributed by atoms with van der Waals surface area (Å²) in [4.78, 5) is 0. The molecule has 0 aromatic heterocycles. The van der Waals surface area contributed by atoms with E-state index in [1.54, 1.807) is 18.2 Å². The van der Waals surface area contributed by atoms with Gasteiger partial charge in [-0.25, -0.2) is 0 Å². The molecule has 0 unspecified atom stereocenters. The average Bonchev–Trinajstić information content (AvgIpc) is 2.23. The lowest BCUT2D eigenvalue weighted by molar-refractivity contribution is 0.0120. The molecular weight excluding hydrogens is 180 g/mol. The summed E-state index contributed by atoms with van der Waals surface area (Å²) >= 11 is 0. The lowest BCUT2D eigenvalue weighted by atomic mass is 9.93. The van der Waals surface area contributed by atoms with E-state index in [0.717, 1.165) is 0 Å². The van der Waals surface area contributed by atoms with Crippen molar-refractivity contribution in [3.63, 3.8) is 0 Å². The first-order valence-corrected chi connectivity index (χ1v) is 4.35. The van der Waals surface area contributed by atoms with Gasteiger partial charge in [0.15, 0.2) is 0 Å². The van der Waals surface area contributed by atoms with Gasteiger partial charge < -0.3 is 15.5 Å². The molecular formula is C10H10N2O2. The van der Waals surface area contributed by atoms with Crippen LogP contribution in [0, 0.1) is 11.3 Å². The van der Waals surface area contributed by atoms with Crippen molar-refractivity contribution < 1.29 is 10.2 Å². The van der Waals surface area contributed by atoms with Gasteiger partial charge in [0.2, 0.25) is 0 Å². The lowest BCUT2D eigenvalue weighted by Crippen LogP contribution is -2.41.